The molecule has 0 spiro atoms. The Labute approximate surface area is 128 Å². The Morgan fingerprint density at radius 2 is 1.76 bits per heavy atom. The maximum absolute atomic E-state index is 5.61. The van der Waals surface area contributed by atoms with Gasteiger partial charge in [-0.1, -0.05) is 20.8 Å². The number of hydrogen-bond donors (Lipinski definition) is 1. The molecule has 1 aliphatic heterocycles. The first-order valence-electron chi connectivity index (χ1n) is 7.64. The van der Waals surface area contributed by atoms with Crippen LogP contribution in [0.5, 0.6) is 11.5 Å². The maximum atomic E-state index is 5.61. The normalized spacial score (nSPS) is 18.3. The largest absolute Gasteiger partial charge is 0.497 e. The lowest BCUT2D eigenvalue weighted by atomic mass is 9.80. The number of ether oxygens (including phenoxy) is 2. The van der Waals surface area contributed by atoms with E-state index >= 15 is 0 Å². The molecule has 21 heavy (non-hydrogen) atoms. The molecule has 0 aromatic heterocycles. The summed E-state index contributed by atoms with van der Waals surface area (Å²) in [6, 6.07) is 6.40. The monoisotopic (exact) mass is 292 g/mol. The zero-order valence-electron chi connectivity index (χ0n) is 13.9. The summed E-state index contributed by atoms with van der Waals surface area (Å²) in [4.78, 5) is 2.55. The van der Waals surface area contributed by atoms with Crippen molar-refractivity contribution in [3.63, 3.8) is 0 Å². The van der Waals surface area contributed by atoms with Crippen molar-refractivity contribution in [2.24, 2.45) is 5.41 Å². The summed E-state index contributed by atoms with van der Waals surface area (Å²) in [5.41, 5.74) is 1.34. The summed E-state index contributed by atoms with van der Waals surface area (Å²) < 4.78 is 11.0. The Balaban J connectivity index is 2.44. The van der Waals surface area contributed by atoms with Gasteiger partial charge < -0.3 is 14.8 Å². The number of rotatable bonds is 4. The molecule has 1 aromatic rings. The van der Waals surface area contributed by atoms with Crippen molar-refractivity contribution in [1.82, 2.24) is 10.2 Å². The zero-order valence-corrected chi connectivity index (χ0v) is 13.9. The van der Waals surface area contributed by atoms with E-state index in [1.165, 1.54) is 5.56 Å². The molecule has 1 fully saturated rings. The minimum Gasteiger partial charge on any atom is -0.497 e. The highest BCUT2D eigenvalue weighted by Crippen LogP contribution is 2.43. The van der Waals surface area contributed by atoms with Crippen LogP contribution in [-0.4, -0.2) is 45.3 Å². The summed E-state index contributed by atoms with van der Waals surface area (Å²) in [5.74, 6) is 1.82. The van der Waals surface area contributed by atoms with E-state index in [0.29, 0.717) is 6.04 Å². The van der Waals surface area contributed by atoms with Crippen LogP contribution in [-0.2, 0) is 0 Å². The minimum absolute atomic E-state index is 0.122. The third-order valence-corrected chi connectivity index (χ3v) is 4.07. The fourth-order valence-electron chi connectivity index (χ4n) is 3.20. The molecule has 0 aliphatic carbocycles. The van der Waals surface area contributed by atoms with Gasteiger partial charge in [-0.2, -0.15) is 0 Å². The summed E-state index contributed by atoms with van der Waals surface area (Å²) >= 11 is 0. The van der Waals surface area contributed by atoms with Gasteiger partial charge >= 0.3 is 0 Å². The summed E-state index contributed by atoms with van der Waals surface area (Å²) in [5, 5.41) is 3.43. The first-order chi connectivity index (χ1) is 9.97. The third kappa shape index (κ3) is 3.69. The van der Waals surface area contributed by atoms with Crippen LogP contribution in [0.25, 0.3) is 0 Å². The molecule has 1 heterocycles. The van der Waals surface area contributed by atoms with Gasteiger partial charge in [-0.3, -0.25) is 4.90 Å². The number of methoxy groups -OCH3 is 2. The molecule has 1 aliphatic rings. The lowest BCUT2D eigenvalue weighted by Crippen LogP contribution is -2.48. The molecule has 0 unspecified atom stereocenters. The zero-order chi connectivity index (χ0) is 15.5. The smallest absolute Gasteiger partial charge is 0.123 e. The minimum atomic E-state index is 0.122. The van der Waals surface area contributed by atoms with E-state index in [9.17, 15) is 0 Å². The van der Waals surface area contributed by atoms with Crippen LogP contribution < -0.4 is 14.8 Å². The molecule has 118 valence electrons. The van der Waals surface area contributed by atoms with Crippen LogP contribution >= 0.6 is 0 Å². The van der Waals surface area contributed by atoms with Crippen LogP contribution in [0.1, 0.15) is 32.4 Å². The molecule has 0 amide bonds. The lowest BCUT2D eigenvalue weighted by Gasteiger charge is -2.43. The van der Waals surface area contributed by atoms with E-state index in [1.54, 1.807) is 14.2 Å². The molecule has 2 rings (SSSR count). The van der Waals surface area contributed by atoms with E-state index in [0.717, 1.165) is 37.7 Å². The summed E-state index contributed by atoms with van der Waals surface area (Å²) in [7, 11) is 3.45. The molecule has 1 aromatic carbocycles. The van der Waals surface area contributed by atoms with Gasteiger partial charge in [0.25, 0.3) is 0 Å². The van der Waals surface area contributed by atoms with Gasteiger partial charge in [0.05, 0.1) is 14.2 Å². The average Bonchev–Trinajstić information content (AvgIpc) is 2.47. The number of benzene rings is 1. The van der Waals surface area contributed by atoms with E-state index in [1.807, 2.05) is 12.1 Å². The fraction of sp³-hybridized carbons (Fsp3) is 0.647. The van der Waals surface area contributed by atoms with Crippen molar-refractivity contribution < 1.29 is 9.47 Å². The van der Waals surface area contributed by atoms with Crippen molar-refractivity contribution >= 4 is 0 Å². The molecule has 4 nitrogen and oxygen atoms in total. The van der Waals surface area contributed by atoms with Gasteiger partial charge in [0.15, 0.2) is 0 Å². The molecule has 4 heteroatoms. The van der Waals surface area contributed by atoms with Crippen LogP contribution in [0, 0.1) is 5.41 Å². The van der Waals surface area contributed by atoms with Crippen molar-refractivity contribution in [3.05, 3.63) is 23.8 Å². The highest BCUT2D eigenvalue weighted by atomic mass is 16.5. The molecule has 1 saturated heterocycles. The predicted octanol–water partition coefficient (Wildman–Crippen LogP) is 2.70. The lowest BCUT2D eigenvalue weighted by molar-refractivity contribution is 0.0840. The molecular formula is C17H28N2O2. The Bertz CT molecular complexity index is 462. The number of nitrogens with one attached hydrogen (secondary N) is 1. The Morgan fingerprint density at radius 1 is 1.10 bits per heavy atom. The Kier molecular flexibility index (Phi) is 5.12. The second kappa shape index (κ2) is 6.67. The van der Waals surface area contributed by atoms with Gasteiger partial charge in [0.2, 0.25) is 0 Å². The highest BCUT2D eigenvalue weighted by molar-refractivity contribution is 5.43. The van der Waals surface area contributed by atoms with E-state index in [-0.39, 0.29) is 5.41 Å². The topological polar surface area (TPSA) is 33.7 Å². The molecule has 0 bridgehead atoms. The fourth-order valence-corrected chi connectivity index (χ4v) is 3.20. The summed E-state index contributed by atoms with van der Waals surface area (Å²) in [6.45, 7) is 11.1. The SMILES string of the molecule is COc1ccc(OC)c([C@@H](N2CCNCC2)C(C)(C)C)c1. The Morgan fingerprint density at radius 3 is 2.29 bits per heavy atom. The van der Waals surface area contributed by atoms with E-state index in [2.05, 4.69) is 37.1 Å². The molecule has 1 atom stereocenters. The van der Waals surface area contributed by atoms with Crippen molar-refractivity contribution in [1.29, 1.82) is 0 Å². The van der Waals surface area contributed by atoms with Crippen LogP contribution in [0.2, 0.25) is 0 Å². The van der Waals surface area contributed by atoms with Gasteiger partial charge in [-0.05, 0) is 23.6 Å². The number of piperazine rings is 1. The Hall–Kier alpha value is -1.26. The number of hydrogen-bond acceptors (Lipinski definition) is 4. The van der Waals surface area contributed by atoms with E-state index in [4.69, 9.17) is 9.47 Å². The van der Waals surface area contributed by atoms with Gasteiger partial charge in [0, 0.05) is 37.8 Å². The molecule has 0 saturated carbocycles. The quantitative estimate of drug-likeness (QED) is 0.925. The van der Waals surface area contributed by atoms with Gasteiger partial charge in [-0.15, -0.1) is 0 Å². The van der Waals surface area contributed by atoms with Crippen molar-refractivity contribution in [2.75, 3.05) is 40.4 Å². The average molecular weight is 292 g/mol. The van der Waals surface area contributed by atoms with Crippen LogP contribution in [0.15, 0.2) is 18.2 Å². The second-order valence-corrected chi connectivity index (χ2v) is 6.66. The van der Waals surface area contributed by atoms with Crippen LogP contribution in [0.3, 0.4) is 0 Å². The van der Waals surface area contributed by atoms with Gasteiger partial charge in [-0.25, -0.2) is 0 Å². The first kappa shape index (κ1) is 16.1. The molecule has 0 radical (unpaired) electrons. The number of nitrogens with zero attached hydrogens (tertiary/aromatic N) is 1. The highest BCUT2D eigenvalue weighted by Gasteiger charge is 2.34. The van der Waals surface area contributed by atoms with Crippen LogP contribution in [0.4, 0.5) is 0 Å². The third-order valence-electron chi connectivity index (χ3n) is 4.07. The van der Waals surface area contributed by atoms with Crippen molar-refractivity contribution in [3.8, 4) is 11.5 Å². The van der Waals surface area contributed by atoms with Gasteiger partial charge in [0.1, 0.15) is 11.5 Å². The standard InChI is InChI=1S/C17H28N2O2/c1-17(2,3)16(19-10-8-18-9-11-19)14-12-13(20-4)6-7-15(14)21-5/h6-7,12,16,18H,8-11H2,1-5H3/t16-/m1/s1. The molecule has 1 N–H and O–H groups in total. The first-order valence-corrected chi connectivity index (χ1v) is 7.64. The predicted molar refractivity (Wildman–Crippen MR) is 86.2 cm³/mol. The van der Waals surface area contributed by atoms with Crippen molar-refractivity contribution in [2.45, 2.75) is 26.8 Å². The maximum Gasteiger partial charge on any atom is 0.123 e. The summed E-state index contributed by atoms with van der Waals surface area (Å²) in [6.07, 6.45) is 0. The second-order valence-electron chi connectivity index (χ2n) is 6.66. The molecular weight excluding hydrogens is 264 g/mol. The van der Waals surface area contributed by atoms with E-state index < -0.39 is 0 Å².